The van der Waals surface area contributed by atoms with Gasteiger partial charge in [0.15, 0.2) is 0 Å². The molecule has 0 N–H and O–H groups in total. The fourth-order valence-electron chi connectivity index (χ4n) is 10.0. The van der Waals surface area contributed by atoms with E-state index in [1.165, 1.54) is 104 Å². The zero-order chi connectivity index (χ0) is 37.1. The van der Waals surface area contributed by atoms with Crippen molar-refractivity contribution in [3.05, 3.63) is 193 Å². The summed E-state index contributed by atoms with van der Waals surface area (Å²) in [6.07, 6.45) is 0. The second kappa shape index (κ2) is 11.5. The van der Waals surface area contributed by atoms with Crippen molar-refractivity contribution in [3.63, 3.8) is 0 Å². The molecule has 1 aromatic heterocycles. The summed E-state index contributed by atoms with van der Waals surface area (Å²) in [5.41, 5.74) is 14.6. The first-order valence-electron chi connectivity index (χ1n) is 19.6. The fourth-order valence-corrected chi connectivity index (χ4v) is 10.0. The summed E-state index contributed by atoms with van der Waals surface area (Å²) in [6.45, 7) is 4.77. The van der Waals surface area contributed by atoms with Gasteiger partial charge in [-0.25, -0.2) is 0 Å². The highest BCUT2D eigenvalue weighted by Crippen LogP contribution is 2.54. The van der Waals surface area contributed by atoms with Gasteiger partial charge in [-0.15, -0.1) is 0 Å². The lowest BCUT2D eigenvalue weighted by molar-refractivity contribution is 0.660. The number of hydrogen-bond donors (Lipinski definition) is 0. The average Bonchev–Trinajstić information content (AvgIpc) is 3.74. The van der Waals surface area contributed by atoms with Crippen LogP contribution in [0, 0.1) is 0 Å². The quantitative estimate of drug-likeness (QED) is 0.166. The Labute approximate surface area is 325 Å². The highest BCUT2D eigenvalue weighted by atomic mass is 16.3. The van der Waals surface area contributed by atoms with Gasteiger partial charge in [-0.3, -0.25) is 0 Å². The molecule has 1 heterocycles. The fraction of sp³-hybridized carbons (Fsp3) is 0.0545. The van der Waals surface area contributed by atoms with Crippen molar-refractivity contribution in [2.75, 3.05) is 0 Å². The number of para-hydroxylation sites is 1. The van der Waals surface area contributed by atoms with Crippen LogP contribution in [0.3, 0.4) is 0 Å². The molecule has 0 fully saturated rings. The van der Waals surface area contributed by atoms with Crippen molar-refractivity contribution in [1.29, 1.82) is 0 Å². The number of benzene rings is 10. The first-order valence-corrected chi connectivity index (χ1v) is 19.6. The minimum atomic E-state index is -0.178. The third kappa shape index (κ3) is 4.31. The molecule has 0 spiro atoms. The Balaban J connectivity index is 1.08. The van der Waals surface area contributed by atoms with Crippen molar-refractivity contribution in [2.45, 2.75) is 19.3 Å². The first-order chi connectivity index (χ1) is 27.5. The van der Waals surface area contributed by atoms with Crippen molar-refractivity contribution in [3.8, 4) is 44.5 Å². The Morgan fingerprint density at radius 1 is 0.339 bits per heavy atom. The summed E-state index contributed by atoms with van der Waals surface area (Å²) >= 11 is 0. The average molecular weight is 713 g/mol. The molecule has 12 rings (SSSR count). The molecule has 1 nitrogen and oxygen atoms in total. The van der Waals surface area contributed by atoms with Gasteiger partial charge in [0, 0.05) is 21.6 Å². The van der Waals surface area contributed by atoms with E-state index < -0.39 is 0 Å². The van der Waals surface area contributed by atoms with Crippen molar-refractivity contribution in [2.24, 2.45) is 0 Å². The number of furan rings is 1. The van der Waals surface area contributed by atoms with Gasteiger partial charge < -0.3 is 4.42 Å². The highest BCUT2D eigenvalue weighted by Gasteiger charge is 2.37. The van der Waals surface area contributed by atoms with Crippen molar-refractivity contribution < 1.29 is 4.42 Å². The summed E-state index contributed by atoms with van der Waals surface area (Å²) in [5, 5.41) is 12.3. The molecule has 0 amide bonds. The normalized spacial score (nSPS) is 13.3. The maximum absolute atomic E-state index is 6.52. The predicted molar refractivity (Wildman–Crippen MR) is 238 cm³/mol. The maximum atomic E-state index is 6.52. The standard InChI is InChI=1S/C55H36O/c1-55(2)49-30-29-46-44(27-28-45-42-17-8-9-24-51(42)56-54(45)46)53(49)47-26-25-35(32-50(47)55)52-37-16-7-6-15-34(37)31-48-41(22-12-23-43(48)52)40-21-11-19-38-36(18-10-20-39(38)40)33-13-4-3-5-14-33/h3-32H,1-2H3. The summed E-state index contributed by atoms with van der Waals surface area (Å²) in [7, 11) is 0. The van der Waals surface area contributed by atoms with Crippen LogP contribution >= 0.6 is 0 Å². The van der Waals surface area contributed by atoms with Crippen LogP contribution in [0.2, 0.25) is 0 Å². The molecule has 1 aliphatic rings. The third-order valence-corrected chi connectivity index (χ3v) is 12.7. The maximum Gasteiger partial charge on any atom is 0.143 e. The second-order valence-corrected chi connectivity index (χ2v) is 16.0. The molecule has 0 saturated heterocycles. The molecule has 0 aliphatic heterocycles. The molecule has 1 aliphatic carbocycles. The molecule has 0 bridgehead atoms. The Bertz CT molecular complexity index is 3430. The molecule has 0 unspecified atom stereocenters. The third-order valence-electron chi connectivity index (χ3n) is 12.7. The van der Waals surface area contributed by atoms with E-state index in [2.05, 4.69) is 190 Å². The number of fused-ring (bicyclic) bond motifs is 12. The zero-order valence-electron chi connectivity index (χ0n) is 31.2. The van der Waals surface area contributed by atoms with Gasteiger partial charge in [0.2, 0.25) is 0 Å². The largest absolute Gasteiger partial charge is 0.455 e. The first kappa shape index (κ1) is 31.4. The monoisotopic (exact) mass is 712 g/mol. The van der Waals surface area contributed by atoms with Crippen LogP contribution in [0.1, 0.15) is 25.0 Å². The topological polar surface area (TPSA) is 13.1 Å². The lowest BCUT2D eigenvalue weighted by atomic mass is 9.80. The van der Waals surface area contributed by atoms with Crippen LogP contribution in [0.25, 0.3) is 110 Å². The molecular weight excluding hydrogens is 677 g/mol. The van der Waals surface area contributed by atoms with Gasteiger partial charge in [-0.2, -0.15) is 0 Å². The van der Waals surface area contributed by atoms with Gasteiger partial charge >= 0.3 is 0 Å². The lowest BCUT2D eigenvalue weighted by Gasteiger charge is -2.23. The van der Waals surface area contributed by atoms with Crippen LogP contribution in [0.15, 0.2) is 186 Å². The van der Waals surface area contributed by atoms with Crippen LogP contribution in [0.4, 0.5) is 0 Å². The van der Waals surface area contributed by atoms with E-state index >= 15 is 0 Å². The second-order valence-electron chi connectivity index (χ2n) is 16.0. The van der Waals surface area contributed by atoms with E-state index in [-0.39, 0.29) is 5.41 Å². The van der Waals surface area contributed by atoms with Crippen LogP contribution in [0.5, 0.6) is 0 Å². The summed E-state index contributed by atoms with van der Waals surface area (Å²) in [4.78, 5) is 0. The number of hydrogen-bond acceptors (Lipinski definition) is 1. The zero-order valence-corrected chi connectivity index (χ0v) is 31.2. The molecule has 0 saturated carbocycles. The predicted octanol–water partition coefficient (Wildman–Crippen LogP) is 15.5. The molecule has 56 heavy (non-hydrogen) atoms. The lowest BCUT2D eigenvalue weighted by Crippen LogP contribution is -2.15. The van der Waals surface area contributed by atoms with Gasteiger partial charge in [0.25, 0.3) is 0 Å². The minimum absolute atomic E-state index is 0.178. The molecule has 0 atom stereocenters. The van der Waals surface area contributed by atoms with Crippen LogP contribution in [-0.4, -0.2) is 0 Å². The van der Waals surface area contributed by atoms with Gasteiger partial charge in [0.05, 0.1) is 0 Å². The Hall–Kier alpha value is -6.96. The molecule has 10 aromatic carbocycles. The van der Waals surface area contributed by atoms with Gasteiger partial charge in [-0.1, -0.05) is 172 Å². The van der Waals surface area contributed by atoms with E-state index in [1.807, 2.05) is 6.07 Å². The van der Waals surface area contributed by atoms with Crippen LogP contribution in [-0.2, 0) is 5.41 Å². The summed E-state index contributed by atoms with van der Waals surface area (Å²) in [5.74, 6) is 0. The Morgan fingerprint density at radius 2 is 0.946 bits per heavy atom. The van der Waals surface area contributed by atoms with E-state index in [4.69, 9.17) is 4.42 Å². The molecule has 262 valence electrons. The van der Waals surface area contributed by atoms with E-state index in [1.54, 1.807) is 0 Å². The van der Waals surface area contributed by atoms with Crippen molar-refractivity contribution in [1.82, 2.24) is 0 Å². The molecule has 1 heteroatoms. The van der Waals surface area contributed by atoms with Gasteiger partial charge in [0.1, 0.15) is 11.2 Å². The Morgan fingerprint density at radius 3 is 1.79 bits per heavy atom. The molecule has 11 aromatic rings. The summed E-state index contributed by atoms with van der Waals surface area (Å²) in [6, 6.07) is 67.2. The highest BCUT2D eigenvalue weighted by molar-refractivity contribution is 6.20. The van der Waals surface area contributed by atoms with Gasteiger partial charge in [-0.05, 0) is 118 Å². The molecular formula is C55H36O. The Kier molecular flexibility index (Phi) is 6.46. The smallest absolute Gasteiger partial charge is 0.143 e. The summed E-state index contributed by atoms with van der Waals surface area (Å²) < 4.78 is 6.52. The molecule has 0 radical (unpaired) electrons. The SMILES string of the molecule is CC1(C)c2cc(-c3c4ccccc4cc4c(-c5cccc6c(-c7ccccc7)cccc56)cccc34)ccc2-c2c1ccc1c2ccc2c3ccccc3oc12. The van der Waals surface area contributed by atoms with Crippen molar-refractivity contribution >= 4 is 65.0 Å². The minimum Gasteiger partial charge on any atom is -0.455 e. The number of rotatable bonds is 3. The van der Waals surface area contributed by atoms with E-state index in [0.717, 1.165) is 16.6 Å². The van der Waals surface area contributed by atoms with Crippen LogP contribution < -0.4 is 0 Å². The van der Waals surface area contributed by atoms with E-state index in [9.17, 15) is 0 Å². The van der Waals surface area contributed by atoms with E-state index in [0.29, 0.717) is 0 Å².